The SMILES string of the molecule is C#Cc1cccc2cnc(C(=O)NC3C4CCN(CC4)C3C)cc12. The summed E-state index contributed by atoms with van der Waals surface area (Å²) >= 11 is 0. The van der Waals surface area contributed by atoms with Crippen molar-refractivity contribution < 1.29 is 4.79 Å². The molecule has 5 rings (SSSR count). The predicted molar refractivity (Wildman–Crippen MR) is 94.7 cm³/mol. The van der Waals surface area contributed by atoms with E-state index in [1.54, 1.807) is 6.20 Å². The number of fused-ring (bicyclic) bond motifs is 4. The van der Waals surface area contributed by atoms with Gasteiger partial charge in [-0.05, 0) is 50.9 Å². The van der Waals surface area contributed by atoms with Crippen LogP contribution in [-0.4, -0.2) is 41.0 Å². The maximum absolute atomic E-state index is 12.7. The molecule has 0 saturated carbocycles. The van der Waals surface area contributed by atoms with Crippen molar-refractivity contribution >= 4 is 16.7 Å². The van der Waals surface area contributed by atoms with Gasteiger partial charge in [-0.15, -0.1) is 6.42 Å². The van der Waals surface area contributed by atoms with Crippen molar-refractivity contribution in [3.05, 3.63) is 41.7 Å². The lowest BCUT2D eigenvalue weighted by molar-refractivity contribution is 0.0216. The third-order valence-corrected chi connectivity index (χ3v) is 5.63. The van der Waals surface area contributed by atoms with E-state index in [0.29, 0.717) is 17.7 Å². The fourth-order valence-electron chi connectivity index (χ4n) is 4.19. The molecule has 0 aliphatic carbocycles. The normalized spacial score (nSPS) is 28.5. The molecular formula is C20H21N3O. The van der Waals surface area contributed by atoms with E-state index in [2.05, 4.69) is 28.0 Å². The van der Waals surface area contributed by atoms with Crippen molar-refractivity contribution in [2.24, 2.45) is 5.92 Å². The van der Waals surface area contributed by atoms with Gasteiger partial charge in [0.2, 0.25) is 0 Å². The van der Waals surface area contributed by atoms with Gasteiger partial charge in [0.1, 0.15) is 5.69 Å². The second kappa shape index (κ2) is 5.92. The molecule has 4 heterocycles. The van der Waals surface area contributed by atoms with Crippen LogP contribution in [0.2, 0.25) is 0 Å². The van der Waals surface area contributed by atoms with Crippen LogP contribution in [0.4, 0.5) is 0 Å². The quantitative estimate of drug-likeness (QED) is 0.865. The predicted octanol–water partition coefficient (Wildman–Crippen LogP) is 2.43. The first-order valence-corrected chi connectivity index (χ1v) is 8.57. The summed E-state index contributed by atoms with van der Waals surface area (Å²) in [7, 11) is 0. The Kier molecular flexibility index (Phi) is 3.74. The van der Waals surface area contributed by atoms with Crippen LogP contribution in [-0.2, 0) is 0 Å². The Labute approximate surface area is 142 Å². The molecule has 3 fully saturated rings. The lowest BCUT2D eigenvalue weighted by atomic mass is 9.79. The van der Waals surface area contributed by atoms with Gasteiger partial charge < -0.3 is 5.32 Å². The molecular weight excluding hydrogens is 298 g/mol. The number of rotatable bonds is 2. The molecule has 3 aliphatic heterocycles. The third kappa shape index (κ3) is 2.46. The van der Waals surface area contributed by atoms with Crippen molar-refractivity contribution in [1.29, 1.82) is 0 Å². The fraction of sp³-hybridized carbons (Fsp3) is 0.400. The van der Waals surface area contributed by atoms with Gasteiger partial charge in [-0.1, -0.05) is 18.1 Å². The zero-order chi connectivity index (χ0) is 16.7. The van der Waals surface area contributed by atoms with Gasteiger partial charge in [-0.25, -0.2) is 0 Å². The van der Waals surface area contributed by atoms with Gasteiger partial charge in [0.05, 0.1) is 0 Å². The number of hydrogen-bond donors (Lipinski definition) is 1. The summed E-state index contributed by atoms with van der Waals surface area (Å²) < 4.78 is 0. The minimum absolute atomic E-state index is 0.102. The number of nitrogens with one attached hydrogen (secondary N) is 1. The highest BCUT2D eigenvalue weighted by Crippen LogP contribution is 2.32. The number of carbonyl (C=O) groups is 1. The third-order valence-electron chi connectivity index (χ3n) is 5.63. The maximum Gasteiger partial charge on any atom is 0.270 e. The number of carbonyl (C=O) groups excluding carboxylic acids is 1. The van der Waals surface area contributed by atoms with Crippen LogP contribution >= 0.6 is 0 Å². The molecule has 4 heteroatoms. The molecule has 2 aromatic rings. The second-order valence-electron chi connectivity index (χ2n) is 6.85. The summed E-state index contributed by atoms with van der Waals surface area (Å²) in [6.07, 6.45) is 9.64. The lowest BCUT2D eigenvalue weighted by Gasteiger charge is -2.49. The van der Waals surface area contributed by atoms with Crippen LogP contribution in [0.15, 0.2) is 30.5 Å². The molecule has 0 spiro atoms. The number of hydrogen-bond acceptors (Lipinski definition) is 3. The van der Waals surface area contributed by atoms with Crippen LogP contribution in [0.3, 0.4) is 0 Å². The van der Waals surface area contributed by atoms with Crippen molar-refractivity contribution in [3.63, 3.8) is 0 Å². The highest BCUT2D eigenvalue weighted by Gasteiger charge is 2.40. The zero-order valence-corrected chi connectivity index (χ0v) is 13.8. The molecule has 3 aliphatic rings. The first-order valence-electron chi connectivity index (χ1n) is 8.57. The number of piperidine rings is 3. The molecule has 1 N–H and O–H groups in total. The summed E-state index contributed by atoms with van der Waals surface area (Å²) in [6, 6.07) is 8.17. The van der Waals surface area contributed by atoms with Crippen molar-refractivity contribution in [1.82, 2.24) is 15.2 Å². The van der Waals surface area contributed by atoms with E-state index in [0.717, 1.165) is 29.4 Å². The van der Waals surface area contributed by atoms with Crippen LogP contribution in [0.1, 0.15) is 35.8 Å². The standard InChI is InChI=1S/C20H21N3O/c1-3-14-5-4-6-16-12-21-18(11-17(14)16)20(24)22-19-13(2)23-9-7-15(19)8-10-23/h1,4-6,11-13,15,19H,7-10H2,2H3,(H,22,24). The van der Waals surface area contributed by atoms with E-state index in [9.17, 15) is 4.79 Å². The molecule has 1 aromatic carbocycles. The molecule has 24 heavy (non-hydrogen) atoms. The molecule has 3 saturated heterocycles. The number of aromatic nitrogens is 1. The minimum atomic E-state index is -0.102. The van der Waals surface area contributed by atoms with Gasteiger partial charge in [0, 0.05) is 34.6 Å². The zero-order valence-electron chi connectivity index (χ0n) is 13.8. The first kappa shape index (κ1) is 15.2. The van der Waals surface area contributed by atoms with Crippen molar-refractivity contribution in [2.45, 2.75) is 31.8 Å². The molecule has 1 aromatic heterocycles. The Morgan fingerprint density at radius 1 is 1.38 bits per heavy atom. The van der Waals surface area contributed by atoms with Crippen LogP contribution in [0, 0.1) is 18.3 Å². The molecule has 0 radical (unpaired) electrons. The topological polar surface area (TPSA) is 45.2 Å². The Morgan fingerprint density at radius 2 is 2.17 bits per heavy atom. The van der Waals surface area contributed by atoms with Crippen LogP contribution in [0.25, 0.3) is 10.8 Å². The number of terminal acetylenes is 1. The van der Waals surface area contributed by atoms with E-state index in [1.807, 2.05) is 24.3 Å². The number of benzene rings is 1. The van der Waals surface area contributed by atoms with E-state index in [-0.39, 0.29) is 11.9 Å². The monoisotopic (exact) mass is 319 g/mol. The van der Waals surface area contributed by atoms with E-state index in [4.69, 9.17) is 6.42 Å². The Bertz CT molecular complexity index is 828. The van der Waals surface area contributed by atoms with Crippen LogP contribution in [0.5, 0.6) is 0 Å². The van der Waals surface area contributed by atoms with Gasteiger partial charge in [0.15, 0.2) is 0 Å². The highest BCUT2D eigenvalue weighted by atomic mass is 16.2. The minimum Gasteiger partial charge on any atom is -0.346 e. The smallest absolute Gasteiger partial charge is 0.270 e. The van der Waals surface area contributed by atoms with Crippen LogP contribution < -0.4 is 5.32 Å². The Hall–Kier alpha value is -2.38. The largest absolute Gasteiger partial charge is 0.346 e. The maximum atomic E-state index is 12.7. The number of pyridine rings is 1. The van der Waals surface area contributed by atoms with E-state index < -0.39 is 0 Å². The molecule has 1 amide bonds. The Morgan fingerprint density at radius 3 is 2.88 bits per heavy atom. The summed E-state index contributed by atoms with van der Waals surface area (Å²) in [5, 5.41) is 5.09. The average Bonchev–Trinajstić information content (AvgIpc) is 2.64. The van der Waals surface area contributed by atoms with E-state index in [1.165, 1.54) is 12.8 Å². The molecule has 2 atom stereocenters. The highest BCUT2D eigenvalue weighted by molar-refractivity contribution is 5.98. The second-order valence-corrected chi connectivity index (χ2v) is 6.85. The summed E-state index contributed by atoms with van der Waals surface area (Å²) in [5.74, 6) is 3.16. The van der Waals surface area contributed by atoms with E-state index >= 15 is 0 Å². The van der Waals surface area contributed by atoms with Gasteiger partial charge in [-0.2, -0.15) is 0 Å². The van der Waals surface area contributed by atoms with Gasteiger partial charge in [0.25, 0.3) is 5.91 Å². The molecule has 2 bridgehead atoms. The van der Waals surface area contributed by atoms with Crippen molar-refractivity contribution in [3.8, 4) is 12.3 Å². The first-order chi connectivity index (χ1) is 11.7. The summed E-state index contributed by atoms with van der Waals surface area (Å²) in [4.78, 5) is 19.5. The molecule has 4 nitrogen and oxygen atoms in total. The summed E-state index contributed by atoms with van der Waals surface area (Å²) in [6.45, 7) is 4.51. The number of amides is 1. The molecule has 2 unspecified atom stereocenters. The van der Waals surface area contributed by atoms with Gasteiger partial charge >= 0.3 is 0 Å². The lowest BCUT2D eigenvalue weighted by Crippen LogP contribution is -2.62. The van der Waals surface area contributed by atoms with Gasteiger partial charge in [-0.3, -0.25) is 14.7 Å². The number of nitrogens with zero attached hydrogens (tertiary/aromatic N) is 2. The fourth-order valence-corrected chi connectivity index (χ4v) is 4.19. The molecule has 122 valence electrons. The summed E-state index contributed by atoms with van der Waals surface area (Å²) in [5.41, 5.74) is 1.23. The Balaban J connectivity index is 1.61. The van der Waals surface area contributed by atoms with Crippen molar-refractivity contribution in [2.75, 3.05) is 13.1 Å². The average molecular weight is 319 g/mol.